The standard InChI is InChI=1S/C51H85NO7/c1-6-8-10-12-14-16-18-20-21-22-23-24-25-26-27-28-29-30-32-33-35-37-39-41-49(53)58-46-47(45-57-44-43-48(51(55)56)52(3,4)5)59-50(54)42-40-38-36-34-31-19-17-15-13-11-9-7-2/h8,10,14,16,20-21,23-24,26-27,29-30,33,35,47-48H,6-7,9,11-13,15,17-19,22,25,28,31-32,34,36-46H2,1-5H3/p+1/b10-8+,16-14+,21-20+,24-23+,27-26+,30-29+,35-33+. The molecule has 0 fully saturated rings. The van der Waals surface area contributed by atoms with Crippen LogP contribution in [0, 0.1) is 0 Å². The number of likely N-dealkylation sites (N-methyl/N-ethyl adjacent to an activating group) is 1. The number of nitrogens with zero attached hydrogens (tertiary/aromatic N) is 1. The molecule has 0 aliphatic heterocycles. The monoisotopic (exact) mass is 825 g/mol. The lowest BCUT2D eigenvalue weighted by atomic mass is 10.0. The molecule has 8 nitrogen and oxygen atoms in total. The van der Waals surface area contributed by atoms with E-state index in [-0.39, 0.29) is 42.7 Å². The first-order valence-corrected chi connectivity index (χ1v) is 23.1. The van der Waals surface area contributed by atoms with Gasteiger partial charge >= 0.3 is 17.9 Å². The molecule has 0 aliphatic carbocycles. The number of carboxylic acid groups (broad SMARTS) is 1. The Morgan fingerprint density at radius 3 is 1.39 bits per heavy atom. The van der Waals surface area contributed by atoms with Gasteiger partial charge in [-0.05, 0) is 64.2 Å². The molecular weight excluding hydrogens is 739 g/mol. The van der Waals surface area contributed by atoms with E-state index in [4.69, 9.17) is 14.2 Å². The Labute approximate surface area is 361 Å². The summed E-state index contributed by atoms with van der Waals surface area (Å²) < 4.78 is 17.2. The number of hydrogen-bond donors (Lipinski definition) is 1. The summed E-state index contributed by atoms with van der Waals surface area (Å²) in [6.07, 6.45) is 53.5. The van der Waals surface area contributed by atoms with Crippen LogP contribution in [0.4, 0.5) is 0 Å². The Bertz CT molecular complexity index is 1240. The number of unbranched alkanes of at least 4 members (excludes halogenated alkanes) is 12. The van der Waals surface area contributed by atoms with E-state index < -0.39 is 18.1 Å². The van der Waals surface area contributed by atoms with E-state index in [1.807, 2.05) is 21.1 Å². The number of carbonyl (C=O) groups excluding carboxylic acids is 2. The first kappa shape index (κ1) is 55.5. The fraction of sp³-hybridized carbons (Fsp3) is 0.667. The van der Waals surface area contributed by atoms with Gasteiger partial charge in [-0.1, -0.05) is 170 Å². The lowest BCUT2D eigenvalue weighted by Crippen LogP contribution is -2.50. The fourth-order valence-electron chi connectivity index (χ4n) is 6.26. The number of hydrogen-bond acceptors (Lipinski definition) is 6. The van der Waals surface area contributed by atoms with Gasteiger partial charge in [-0.3, -0.25) is 9.59 Å². The van der Waals surface area contributed by atoms with Crippen molar-refractivity contribution in [3.8, 4) is 0 Å². The van der Waals surface area contributed by atoms with Crippen LogP contribution in [0.15, 0.2) is 85.1 Å². The lowest BCUT2D eigenvalue weighted by molar-refractivity contribution is -0.887. The number of allylic oxidation sites excluding steroid dienone is 14. The van der Waals surface area contributed by atoms with Crippen molar-refractivity contribution in [1.82, 2.24) is 0 Å². The SMILES string of the molecule is CC/C=C/C/C=C/C/C=C/C/C=C/C/C=C/C/C=C/C/C=C/CCCC(=O)OCC(COCCC(C(=O)O)[N+](C)(C)C)OC(=O)CCCCCCCCCCCCCC. The summed E-state index contributed by atoms with van der Waals surface area (Å²) in [5.41, 5.74) is 0. The molecule has 2 unspecified atom stereocenters. The average molecular weight is 825 g/mol. The van der Waals surface area contributed by atoms with E-state index in [0.717, 1.165) is 70.6 Å². The smallest absolute Gasteiger partial charge is 0.362 e. The quantitative estimate of drug-likeness (QED) is 0.0284. The van der Waals surface area contributed by atoms with Crippen molar-refractivity contribution in [2.24, 2.45) is 0 Å². The number of esters is 2. The van der Waals surface area contributed by atoms with Crippen LogP contribution >= 0.6 is 0 Å². The third-order valence-corrected chi connectivity index (χ3v) is 9.81. The molecule has 0 heterocycles. The number of ether oxygens (including phenoxy) is 3. The molecule has 336 valence electrons. The van der Waals surface area contributed by atoms with Crippen molar-refractivity contribution in [2.75, 3.05) is 41.0 Å². The van der Waals surface area contributed by atoms with Crippen LogP contribution in [0.3, 0.4) is 0 Å². The molecule has 0 rings (SSSR count). The van der Waals surface area contributed by atoms with Crippen molar-refractivity contribution >= 4 is 17.9 Å². The maximum absolute atomic E-state index is 12.7. The highest BCUT2D eigenvalue weighted by atomic mass is 16.6. The molecule has 0 radical (unpaired) electrons. The highest BCUT2D eigenvalue weighted by molar-refractivity contribution is 5.72. The largest absolute Gasteiger partial charge is 0.477 e. The van der Waals surface area contributed by atoms with E-state index in [2.05, 4.69) is 98.9 Å². The van der Waals surface area contributed by atoms with Crippen LogP contribution in [0.5, 0.6) is 0 Å². The normalized spacial score (nSPS) is 13.7. The second kappa shape index (κ2) is 41.3. The fourth-order valence-corrected chi connectivity index (χ4v) is 6.26. The number of quaternary nitrogens is 1. The van der Waals surface area contributed by atoms with Gasteiger partial charge in [0.25, 0.3) is 0 Å². The van der Waals surface area contributed by atoms with Crippen LogP contribution < -0.4 is 0 Å². The van der Waals surface area contributed by atoms with Gasteiger partial charge in [0.2, 0.25) is 0 Å². The molecule has 0 saturated carbocycles. The zero-order chi connectivity index (χ0) is 43.5. The number of aliphatic carboxylic acids is 1. The highest BCUT2D eigenvalue weighted by Crippen LogP contribution is 2.14. The zero-order valence-electron chi connectivity index (χ0n) is 38.2. The second-order valence-electron chi connectivity index (χ2n) is 16.3. The minimum absolute atomic E-state index is 0.0400. The number of rotatable bonds is 40. The maximum atomic E-state index is 12.7. The summed E-state index contributed by atoms with van der Waals surface area (Å²) in [5, 5.41) is 9.62. The van der Waals surface area contributed by atoms with Gasteiger partial charge in [0, 0.05) is 19.3 Å². The van der Waals surface area contributed by atoms with E-state index in [1.165, 1.54) is 57.8 Å². The Hall–Kier alpha value is -3.49. The van der Waals surface area contributed by atoms with Gasteiger partial charge in [-0.15, -0.1) is 0 Å². The Morgan fingerprint density at radius 2 is 0.949 bits per heavy atom. The Kier molecular flexibility index (Phi) is 38.8. The van der Waals surface area contributed by atoms with Gasteiger partial charge in [-0.25, -0.2) is 4.79 Å². The van der Waals surface area contributed by atoms with Crippen molar-refractivity contribution in [2.45, 2.75) is 180 Å². The van der Waals surface area contributed by atoms with Crippen molar-refractivity contribution < 1.29 is 38.2 Å². The summed E-state index contributed by atoms with van der Waals surface area (Å²) in [6.45, 7) is 4.55. The molecule has 0 aromatic rings. The van der Waals surface area contributed by atoms with E-state index in [9.17, 15) is 19.5 Å². The topological polar surface area (TPSA) is 99.1 Å². The van der Waals surface area contributed by atoms with E-state index >= 15 is 0 Å². The molecule has 0 amide bonds. The molecule has 8 heteroatoms. The molecule has 0 spiro atoms. The molecule has 0 aliphatic rings. The minimum Gasteiger partial charge on any atom is -0.477 e. The summed E-state index contributed by atoms with van der Waals surface area (Å²) in [5.74, 6) is -1.55. The van der Waals surface area contributed by atoms with Gasteiger partial charge in [0.05, 0.1) is 34.4 Å². The average Bonchev–Trinajstić information content (AvgIpc) is 3.19. The van der Waals surface area contributed by atoms with Gasteiger partial charge in [0.1, 0.15) is 6.61 Å². The van der Waals surface area contributed by atoms with Gasteiger partial charge in [0.15, 0.2) is 12.1 Å². The van der Waals surface area contributed by atoms with Crippen molar-refractivity contribution in [3.63, 3.8) is 0 Å². The number of carboxylic acids is 1. The molecule has 1 N–H and O–H groups in total. The maximum Gasteiger partial charge on any atom is 0.362 e. The summed E-state index contributed by atoms with van der Waals surface area (Å²) in [6, 6.07) is -0.626. The van der Waals surface area contributed by atoms with Crippen molar-refractivity contribution in [3.05, 3.63) is 85.1 Å². The van der Waals surface area contributed by atoms with Crippen LogP contribution in [-0.2, 0) is 28.6 Å². The van der Waals surface area contributed by atoms with E-state index in [1.54, 1.807) is 0 Å². The molecule has 0 bridgehead atoms. The van der Waals surface area contributed by atoms with Gasteiger partial charge < -0.3 is 23.8 Å². The van der Waals surface area contributed by atoms with Crippen LogP contribution in [0.1, 0.15) is 168 Å². The summed E-state index contributed by atoms with van der Waals surface area (Å²) in [4.78, 5) is 37.0. The molecular formula is C51H86NO7+. The Morgan fingerprint density at radius 1 is 0.525 bits per heavy atom. The number of carbonyl (C=O) groups is 3. The molecule has 0 aromatic heterocycles. The highest BCUT2D eigenvalue weighted by Gasteiger charge is 2.31. The first-order valence-electron chi connectivity index (χ1n) is 23.1. The molecule has 0 saturated heterocycles. The Balaban J connectivity index is 4.40. The molecule has 2 atom stereocenters. The van der Waals surface area contributed by atoms with Crippen LogP contribution in [0.2, 0.25) is 0 Å². The van der Waals surface area contributed by atoms with Gasteiger partial charge in [-0.2, -0.15) is 0 Å². The minimum atomic E-state index is -0.885. The lowest BCUT2D eigenvalue weighted by Gasteiger charge is -2.31. The summed E-state index contributed by atoms with van der Waals surface area (Å²) in [7, 11) is 5.50. The van der Waals surface area contributed by atoms with Crippen LogP contribution in [-0.4, -0.2) is 80.6 Å². The summed E-state index contributed by atoms with van der Waals surface area (Å²) >= 11 is 0. The van der Waals surface area contributed by atoms with Crippen molar-refractivity contribution in [1.29, 1.82) is 0 Å². The zero-order valence-corrected chi connectivity index (χ0v) is 38.2. The first-order chi connectivity index (χ1) is 28.6. The predicted molar refractivity (Wildman–Crippen MR) is 247 cm³/mol. The van der Waals surface area contributed by atoms with E-state index in [0.29, 0.717) is 19.3 Å². The molecule has 59 heavy (non-hydrogen) atoms. The van der Waals surface area contributed by atoms with Crippen LogP contribution in [0.25, 0.3) is 0 Å². The third kappa shape index (κ3) is 39.7. The second-order valence-corrected chi connectivity index (χ2v) is 16.3. The predicted octanol–water partition coefficient (Wildman–Crippen LogP) is 12.9. The molecule has 0 aromatic carbocycles. The third-order valence-electron chi connectivity index (χ3n) is 9.81.